The van der Waals surface area contributed by atoms with Gasteiger partial charge in [-0.05, 0) is 31.1 Å². The molecule has 0 radical (unpaired) electrons. The number of nitrogens with zero attached hydrogens (tertiary/aromatic N) is 3. The maximum absolute atomic E-state index is 6.21. The fourth-order valence-corrected chi connectivity index (χ4v) is 3.62. The molecule has 20 heavy (non-hydrogen) atoms. The molecule has 3 atom stereocenters. The summed E-state index contributed by atoms with van der Waals surface area (Å²) in [5.41, 5.74) is 6.21. The maximum atomic E-state index is 6.21. The van der Waals surface area contributed by atoms with E-state index in [1.165, 1.54) is 19.3 Å². The number of hydrogen-bond acceptors (Lipinski definition) is 6. The van der Waals surface area contributed by atoms with E-state index in [2.05, 4.69) is 15.0 Å². The van der Waals surface area contributed by atoms with Gasteiger partial charge in [0.2, 0.25) is 5.89 Å². The number of nitrogens with two attached hydrogens (primary N) is 1. The molecule has 1 aliphatic heterocycles. The van der Waals surface area contributed by atoms with Gasteiger partial charge in [0.15, 0.2) is 5.82 Å². The molecule has 4 rings (SSSR count). The molecule has 6 nitrogen and oxygen atoms in total. The van der Waals surface area contributed by atoms with E-state index in [-0.39, 0.29) is 6.04 Å². The largest absolute Gasteiger partial charge is 0.379 e. The van der Waals surface area contributed by atoms with Gasteiger partial charge < -0.3 is 15.0 Å². The second-order valence-electron chi connectivity index (χ2n) is 6.43. The summed E-state index contributed by atoms with van der Waals surface area (Å²) in [6, 6.07) is -0.165. The number of morpholine rings is 1. The van der Waals surface area contributed by atoms with Crippen LogP contribution in [0, 0.1) is 11.8 Å². The van der Waals surface area contributed by atoms with Crippen LogP contribution in [0.1, 0.15) is 42.9 Å². The van der Waals surface area contributed by atoms with Crippen molar-refractivity contribution in [3.63, 3.8) is 0 Å². The van der Waals surface area contributed by atoms with E-state index >= 15 is 0 Å². The first kappa shape index (κ1) is 12.7. The molecule has 110 valence electrons. The van der Waals surface area contributed by atoms with Gasteiger partial charge in [0, 0.05) is 25.6 Å². The molecule has 6 heteroatoms. The summed E-state index contributed by atoms with van der Waals surface area (Å²) in [4.78, 5) is 6.85. The Bertz CT molecular complexity index is 461. The summed E-state index contributed by atoms with van der Waals surface area (Å²) in [5.74, 6) is 3.81. The number of ether oxygens (including phenoxy) is 1. The van der Waals surface area contributed by atoms with Gasteiger partial charge in [-0.1, -0.05) is 5.16 Å². The third-order valence-electron chi connectivity index (χ3n) is 4.94. The first-order chi connectivity index (χ1) is 9.79. The van der Waals surface area contributed by atoms with Crippen molar-refractivity contribution < 1.29 is 9.26 Å². The number of fused-ring (bicyclic) bond motifs is 1. The molecular formula is C14H22N4O2. The zero-order valence-corrected chi connectivity index (χ0v) is 11.7. The first-order valence-corrected chi connectivity index (χ1v) is 7.69. The lowest BCUT2D eigenvalue weighted by atomic mass is 10.0. The van der Waals surface area contributed by atoms with Crippen molar-refractivity contribution in [3.05, 3.63) is 11.7 Å². The normalized spacial score (nSPS) is 35.0. The smallest absolute Gasteiger partial charge is 0.229 e. The summed E-state index contributed by atoms with van der Waals surface area (Å²) in [6.45, 7) is 4.22. The molecule has 1 aromatic rings. The lowest BCUT2D eigenvalue weighted by molar-refractivity contribution is 0.0348. The summed E-state index contributed by atoms with van der Waals surface area (Å²) >= 11 is 0. The second-order valence-corrected chi connectivity index (χ2v) is 6.43. The fourth-order valence-electron chi connectivity index (χ4n) is 3.62. The van der Waals surface area contributed by atoms with Crippen molar-refractivity contribution in [3.8, 4) is 0 Å². The van der Waals surface area contributed by atoms with Gasteiger partial charge >= 0.3 is 0 Å². The van der Waals surface area contributed by atoms with E-state index in [9.17, 15) is 0 Å². The lowest BCUT2D eigenvalue weighted by Gasteiger charge is -2.27. The zero-order chi connectivity index (χ0) is 13.5. The van der Waals surface area contributed by atoms with Crippen LogP contribution in [0.15, 0.2) is 4.52 Å². The standard InChI is InChI=1S/C14H22N4O2/c15-12(8-18-1-3-19-4-2-18)13-16-14(20-17-13)11-6-9-5-10(9)7-11/h9-12H,1-8,15H2. The maximum Gasteiger partial charge on any atom is 0.229 e. The second kappa shape index (κ2) is 5.09. The van der Waals surface area contributed by atoms with Crippen molar-refractivity contribution in [2.75, 3.05) is 32.8 Å². The SMILES string of the molecule is NC(CN1CCOCC1)c1noc(C2CC3CC3C2)n1. The van der Waals surface area contributed by atoms with Gasteiger partial charge in [0.25, 0.3) is 0 Å². The Morgan fingerprint density at radius 1 is 1.20 bits per heavy atom. The Morgan fingerprint density at radius 2 is 1.95 bits per heavy atom. The first-order valence-electron chi connectivity index (χ1n) is 7.69. The molecular weight excluding hydrogens is 256 g/mol. The molecule has 0 spiro atoms. The van der Waals surface area contributed by atoms with Crippen LogP contribution < -0.4 is 5.73 Å². The Labute approximate surface area is 118 Å². The zero-order valence-electron chi connectivity index (χ0n) is 11.7. The summed E-state index contributed by atoms with van der Waals surface area (Å²) in [7, 11) is 0. The number of rotatable bonds is 4. The van der Waals surface area contributed by atoms with Crippen LogP contribution in [0.2, 0.25) is 0 Å². The van der Waals surface area contributed by atoms with E-state index in [1.807, 2.05) is 0 Å². The van der Waals surface area contributed by atoms with Gasteiger partial charge in [-0.25, -0.2) is 0 Å². The Morgan fingerprint density at radius 3 is 2.70 bits per heavy atom. The average molecular weight is 278 g/mol. The Balaban J connectivity index is 1.36. The molecule has 0 bridgehead atoms. The predicted octanol–water partition coefficient (Wildman–Crippen LogP) is 0.915. The van der Waals surface area contributed by atoms with Crippen molar-refractivity contribution in [1.82, 2.24) is 15.0 Å². The van der Waals surface area contributed by atoms with Crippen molar-refractivity contribution in [1.29, 1.82) is 0 Å². The van der Waals surface area contributed by atoms with Crippen molar-refractivity contribution in [2.24, 2.45) is 17.6 Å². The van der Waals surface area contributed by atoms with Crippen LogP contribution in [-0.4, -0.2) is 47.9 Å². The predicted molar refractivity (Wildman–Crippen MR) is 72.1 cm³/mol. The van der Waals surface area contributed by atoms with E-state index in [1.54, 1.807) is 0 Å². The van der Waals surface area contributed by atoms with Crippen LogP contribution in [-0.2, 0) is 4.74 Å². The van der Waals surface area contributed by atoms with Gasteiger partial charge in [-0.2, -0.15) is 4.98 Å². The molecule has 2 heterocycles. The lowest BCUT2D eigenvalue weighted by Crippen LogP contribution is -2.40. The van der Waals surface area contributed by atoms with E-state index < -0.39 is 0 Å². The molecule has 1 aromatic heterocycles. The molecule has 2 saturated carbocycles. The van der Waals surface area contributed by atoms with Gasteiger partial charge in [0.1, 0.15) is 0 Å². The van der Waals surface area contributed by atoms with Crippen LogP contribution in [0.25, 0.3) is 0 Å². The molecule has 2 N–H and O–H groups in total. The highest BCUT2D eigenvalue weighted by Gasteiger charge is 2.47. The van der Waals surface area contributed by atoms with E-state index in [0.717, 1.165) is 50.6 Å². The van der Waals surface area contributed by atoms with Crippen LogP contribution in [0.3, 0.4) is 0 Å². The molecule has 2 aliphatic carbocycles. The third kappa shape index (κ3) is 2.47. The van der Waals surface area contributed by atoms with E-state index in [0.29, 0.717) is 11.7 Å². The Hall–Kier alpha value is -0.980. The van der Waals surface area contributed by atoms with Crippen LogP contribution in [0.5, 0.6) is 0 Å². The van der Waals surface area contributed by atoms with E-state index in [4.69, 9.17) is 15.0 Å². The minimum Gasteiger partial charge on any atom is -0.379 e. The van der Waals surface area contributed by atoms with Crippen molar-refractivity contribution >= 4 is 0 Å². The van der Waals surface area contributed by atoms with Crippen LogP contribution in [0.4, 0.5) is 0 Å². The number of aromatic nitrogens is 2. The topological polar surface area (TPSA) is 77.4 Å². The summed E-state index contributed by atoms with van der Waals surface area (Å²) < 4.78 is 10.8. The minimum absolute atomic E-state index is 0.165. The highest BCUT2D eigenvalue weighted by Crippen LogP contribution is 2.57. The highest BCUT2D eigenvalue weighted by molar-refractivity contribution is 5.07. The molecule has 3 fully saturated rings. The monoisotopic (exact) mass is 278 g/mol. The number of hydrogen-bond donors (Lipinski definition) is 1. The molecule has 1 saturated heterocycles. The molecule has 0 amide bonds. The summed E-state index contributed by atoms with van der Waals surface area (Å²) in [5, 5.41) is 4.10. The van der Waals surface area contributed by atoms with Crippen molar-refractivity contribution in [2.45, 2.75) is 31.2 Å². The summed E-state index contributed by atoms with van der Waals surface area (Å²) in [6.07, 6.45) is 3.87. The average Bonchev–Trinajstić information content (AvgIpc) is 2.93. The van der Waals surface area contributed by atoms with Gasteiger partial charge in [-0.15, -0.1) is 0 Å². The quantitative estimate of drug-likeness (QED) is 0.882. The van der Waals surface area contributed by atoms with Gasteiger partial charge in [-0.3, -0.25) is 4.90 Å². The molecule has 3 unspecified atom stereocenters. The highest BCUT2D eigenvalue weighted by atomic mass is 16.5. The molecule has 0 aromatic carbocycles. The minimum atomic E-state index is -0.165. The third-order valence-corrected chi connectivity index (χ3v) is 4.94. The van der Waals surface area contributed by atoms with Gasteiger partial charge in [0.05, 0.1) is 19.3 Å². The molecule has 3 aliphatic rings. The fraction of sp³-hybridized carbons (Fsp3) is 0.857. The van der Waals surface area contributed by atoms with Crippen LogP contribution >= 0.6 is 0 Å². The Kier molecular flexibility index (Phi) is 3.24.